The summed E-state index contributed by atoms with van der Waals surface area (Å²) in [5, 5.41) is 12.6. The molecule has 0 saturated carbocycles. The van der Waals surface area contributed by atoms with Crippen molar-refractivity contribution in [1.29, 1.82) is 0 Å². The zero-order valence-electron chi connectivity index (χ0n) is 10.7. The number of benzene rings is 1. The Hall–Kier alpha value is -1.26. The maximum Gasteiger partial charge on any atom is 0.320 e. The van der Waals surface area contributed by atoms with E-state index < -0.39 is 12.0 Å². The van der Waals surface area contributed by atoms with Gasteiger partial charge in [-0.1, -0.05) is 31.5 Å². The Morgan fingerprint density at radius 2 is 2.17 bits per heavy atom. The number of nitrogens with one attached hydrogen (secondary N) is 1. The Morgan fingerprint density at radius 3 is 2.61 bits per heavy atom. The van der Waals surface area contributed by atoms with Crippen molar-refractivity contribution in [3.8, 4) is 5.75 Å². The van der Waals surface area contributed by atoms with Crippen LogP contribution in [-0.2, 0) is 11.3 Å². The first-order valence-electron chi connectivity index (χ1n) is 5.74. The molecule has 0 radical (unpaired) electrons. The maximum atomic E-state index is 11.0. The van der Waals surface area contributed by atoms with Gasteiger partial charge in [-0.05, 0) is 23.6 Å². The summed E-state index contributed by atoms with van der Waals surface area (Å²) in [5.41, 5.74) is 0.851. The molecule has 4 nitrogen and oxygen atoms in total. The highest BCUT2D eigenvalue weighted by atomic mass is 35.5. The Kier molecular flexibility index (Phi) is 5.44. The average molecular weight is 272 g/mol. The van der Waals surface area contributed by atoms with E-state index in [-0.39, 0.29) is 5.92 Å². The molecule has 0 aliphatic heterocycles. The zero-order chi connectivity index (χ0) is 13.7. The Morgan fingerprint density at radius 1 is 1.50 bits per heavy atom. The molecule has 100 valence electrons. The fraction of sp³-hybridized carbons (Fsp3) is 0.462. The van der Waals surface area contributed by atoms with Crippen molar-refractivity contribution in [2.45, 2.75) is 26.4 Å². The lowest BCUT2D eigenvalue weighted by atomic mass is 10.0. The topological polar surface area (TPSA) is 58.6 Å². The van der Waals surface area contributed by atoms with Gasteiger partial charge in [0.2, 0.25) is 0 Å². The molecular weight excluding hydrogens is 254 g/mol. The minimum Gasteiger partial charge on any atom is -0.497 e. The Bertz CT molecular complexity index is 421. The molecule has 0 heterocycles. The summed E-state index contributed by atoms with van der Waals surface area (Å²) in [5.74, 6) is -0.156. The first kappa shape index (κ1) is 14.8. The normalized spacial score (nSPS) is 12.5. The Labute approximate surface area is 112 Å². The van der Waals surface area contributed by atoms with Gasteiger partial charge in [0.1, 0.15) is 11.8 Å². The highest BCUT2D eigenvalue weighted by Gasteiger charge is 2.20. The molecule has 0 unspecified atom stereocenters. The molecule has 1 atom stereocenters. The number of halogens is 1. The van der Waals surface area contributed by atoms with Crippen LogP contribution in [0.3, 0.4) is 0 Å². The highest BCUT2D eigenvalue weighted by Crippen LogP contribution is 2.22. The second-order valence-corrected chi connectivity index (χ2v) is 4.81. The average Bonchev–Trinajstić information content (AvgIpc) is 2.30. The van der Waals surface area contributed by atoms with Crippen molar-refractivity contribution in [3.63, 3.8) is 0 Å². The summed E-state index contributed by atoms with van der Waals surface area (Å²) < 4.78 is 5.05. The number of carbonyl (C=O) groups is 1. The lowest BCUT2D eigenvalue weighted by Crippen LogP contribution is -2.40. The van der Waals surface area contributed by atoms with Gasteiger partial charge in [-0.15, -0.1) is 0 Å². The van der Waals surface area contributed by atoms with Gasteiger partial charge in [-0.3, -0.25) is 4.79 Å². The van der Waals surface area contributed by atoms with E-state index in [9.17, 15) is 4.79 Å². The van der Waals surface area contributed by atoms with Gasteiger partial charge in [0.25, 0.3) is 0 Å². The third-order valence-corrected chi connectivity index (χ3v) is 3.06. The first-order chi connectivity index (χ1) is 8.45. The summed E-state index contributed by atoms with van der Waals surface area (Å²) >= 11 is 6.08. The van der Waals surface area contributed by atoms with Crippen LogP contribution in [0.2, 0.25) is 5.02 Å². The number of rotatable bonds is 6. The van der Waals surface area contributed by atoms with Crippen LogP contribution in [0, 0.1) is 5.92 Å². The summed E-state index contributed by atoms with van der Waals surface area (Å²) in [6.45, 7) is 4.14. The number of hydrogen-bond acceptors (Lipinski definition) is 3. The molecule has 2 N–H and O–H groups in total. The quantitative estimate of drug-likeness (QED) is 0.835. The number of carboxylic acid groups (broad SMARTS) is 1. The number of hydrogen-bond donors (Lipinski definition) is 2. The van der Waals surface area contributed by atoms with Gasteiger partial charge in [0.05, 0.1) is 7.11 Å². The van der Waals surface area contributed by atoms with Gasteiger partial charge >= 0.3 is 5.97 Å². The van der Waals surface area contributed by atoms with Gasteiger partial charge in [0.15, 0.2) is 0 Å². The van der Waals surface area contributed by atoms with Crippen LogP contribution in [0.4, 0.5) is 0 Å². The molecule has 1 aromatic rings. The number of ether oxygens (including phenoxy) is 1. The SMILES string of the molecule is COc1ccc(CN[C@@H](C(=O)O)C(C)C)c(Cl)c1. The summed E-state index contributed by atoms with van der Waals surface area (Å²) in [7, 11) is 1.57. The van der Waals surface area contributed by atoms with Crippen molar-refractivity contribution in [2.24, 2.45) is 5.92 Å². The molecule has 18 heavy (non-hydrogen) atoms. The largest absolute Gasteiger partial charge is 0.497 e. The molecule has 5 heteroatoms. The van der Waals surface area contributed by atoms with Gasteiger partial charge in [-0.2, -0.15) is 0 Å². The molecule has 1 aromatic carbocycles. The molecule has 0 saturated heterocycles. The lowest BCUT2D eigenvalue weighted by Gasteiger charge is -2.18. The molecule has 0 fully saturated rings. The van der Waals surface area contributed by atoms with Crippen LogP contribution in [0.1, 0.15) is 19.4 Å². The van der Waals surface area contributed by atoms with Crippen molar-refractivity contribution in [3.05, 3.63) is 28.8 Å². The smallest absolute Gasteiger partial charge is 0.320 e. The van der Waals surface area contributed by atoms with Crippen molar-refractivity contribution in [1.82, 2.24) is 5.32 Å². The van der Waals surface area contributed by atoms with Gasteiger partial charge in [-0.25, -0.2) is 0 Å². The molecule has 0 amide bonds. The third-order valence-electron chi connectivity index (χ3n) is 2.71. The van der Waals surface area contributed by atoms with E-state index >= 15 is 0 Å². The summed E-state index contributed by atoms with van der Waals surface area (Å²) in [6.07, 6.45) is 0. The van der Waals surface area contributed by atoms with Crippen LogP contribution < -0.4 is 10.1 Å². The van der Waals surface area contributed by atoms with Crippen LogP contribution in [0.5, 0.6) is 5.75 Å². The fourth-order valence-corrected chi connectivity index (χ4v) is 1.86. The lowest BCUT2D eigenvalue weighted by molar-refractivity contribution is -0.140. The predicted molar refractivity (Wildman–Crippen MR) is 71.1 cm³/mol. The minimum atomic E-state index is -0.852. The van der Waals surface area contributed by atoms with E-state index in [2.05, 4.69) is 5.32 Å². The second kappa shape index (κ2) is 6.61. The van der Waals surface area contributed by atoms with Crippen molar-refractivity contribution >= 4 is 17.6 Å². The van der Waals surface area contributed by atoms with Crippen molar-refractivity contribution < 1.29 is 14.6 Å². The van der Waals surface area contributed by atoms with Gasteiger partial charge in [0, 0.05) is 11.6 Å². The number of carboxylic acids is 1. The molecule has 0 spiro atoms. The third kappa shape index (κ3) is 3.89. The molecule has 0 aromatic heterocycles. The molecule has 0 bridgehead atoms. The summed E-state index contributed by atoms with van der Waals surface area (Å²) in [6, 6.07) is 4.76. The number of aliphatic carboxylic acids is 1. The van der Waals surface area contributed by atoms with Crippen molar-refractivity contribution in [2.75, 3.05) is 7.11 Å². The first-order valence-corrected chi connectivity index (χ1v) is 6.12. The van der Waals surface area contributed by atoms with E-state index in [1.165, 1.54) is 0 Å². The minimum absolute atomic E-state index is 0.0134. The van der Waals surface area contributed by atoms with Gasteiger partial charge < -0.3 is 15.2 Å². The highest BCUT2D eigenvalue weighted by molar-refractivity contribution is 6.31. The van der Waals surface area contributed by atoms with E-state index in [4.69, 9.17) is 21.4 Å². The molecule has 0 aliphatic rings. The molecule has 1 rings (SSSR count). The van der Waals surface area contributed by atoms with Crippen LogP contribution in [-0.4, -0.2) is 24.2 Å². The van der Waals surface area contributed by atoms with E-state index in [0.717, 1.165) is 5.56 Å². The van der Waals surface area contributed by atoms with Crippen LogP contribution in [0.15, 0.2) is 18.2 Å². The second-order valence-electron chi connectivity index (χ2n) is 4.40. The fourth-order valence-electron chi connectivity index (χ4n) is 1.63. The van der Waals surface area contributed by atoms with E-state index in [1.54, 1.807) is 19.2 Å². The van der Waals surface area contributed by atoms with E-state index in [0.29, 0.717) is 17.3 Å². The zero-order valence-corrected chi connectivity index (χ0v) is 11.5. The Balaban J connectivity index is 2.70. The number of methoxy groups -OCH3 is 1. The molecule has 0 aliphatic carbocycles. The van der Waals surface area contributed by atoms with E-state index in [1.807, 2.05) is 19.9 Å². The predicted octanol–water partition coefficient (Wildman–Crippen LogP) is 2.55. The maximum absolute atomic E-state index is 11.0. The summed E-state index contributed by atoms with van der Waals surface area (Å²) in [4.78, 5) is 11.0. The molecular formula is C13H18ClNO3. The van der Waals surface area contributed by atoms with Crippen LogP contribution >= 0.6 is 11.6 Å². The monoisotopic (exact) mass is 271 g/mol. The standard InChI is InChI=1S/C13H18ClNO3/c1-8(2)12(13(16)17)15-7-9-4-5-10(18-3)6-11(9)14/h4-6,8,12,15H,7H2,1-3H3,(H,16,17)/t12-/m1/s1. The van der Waals surface area contributed by atoms with Crippen LogP contribution in [0.25, 0.3) is 0 Å².